The Hall–Kier alpha value is -4.49. The Kier molecular flexibility index (Phi) is 8.98. The lowest BCUT2D eigenvalue weighted by Crippen LogP contribution is -2.33. The topological polar surface area (TPSA) is 83.4 Å². The third-order valence-corrected chi connectivity index (χ3v) is 8.35. The zero-order chi connectivity index (χ0) is 29.6. The lowest BCUT2D eigenvalue weighted by atomic mass is 9.99. The van der Waals surface area contributed by atoms with Crippen molar-refractivity contribution in [2.75, 3.05) is 0 Å². The van der Waals surface area contributed by atoms with Crippen LogP contribution < -0.4 is 4.57 Å². The number of halogens is 1. The van der Waals surface area contributed by atoms with Crippen molar-refractivity contribution >= 4 is 27.9 Å². The van der Waals surface area contributed by atoms with E-state index in [-0.39, 0.29) is 0 Å². The smallest absolute Gasteiger partial charge is 0.336 e. The van der Waals surface area contributed by atoms with Gasteiger partial charge in [-0.1, -0.05) is 98.3 Å². The largest absolute Gasteiger partial charge is 0.478 e. The number of nitrogens with zero attached hydrogens (tertiary/aromatic N) is 2. The molecule has 0 radical (unpaired) electrons. The van der Waals surface area contributed by atoms with Gasteiger partial charge in [-0.15, -0.1) is 0 Å². The van der Waals surface area contributed by atoms with Gasteiger partial charge in [0.25, 0.3) is 0 Å². The van der Waals surface area contributed by atoms with E-state index in [0.717, 1.165) is 46.1 Å². The number of unbranched alkanes of at least 4 members (excludes halogenated alkanes) is 1. The predicted molar refractivity (Wildman–Crippen MR) is 167 cm³/mol. The molecule has 7 heteroatoms. The average Bonchev–Trinajstić information content (AvgIpc) is 3.29. The number of aromatic carboxylic acids is 2. The van der Waals surface area contributed by atoms with Crippen molar-refractivity contribution in [2.24, 2.45) is 0 Å². The van der Waals surface area contributed by atoms with Gasteiger partial charge in [0.05, 0.1) is 11.1 Å². The number of rotatable bonds is 11. The minimum atomic E-state index is -0.935. The average molecular weight is 625 g/mol. The number of carboxylic acids is 2. The standard InChI is InChI=1S/C35H31BrN2O4/c1-2-3-12-32-33(36)38(22-25-15-19-27(20-16-25)29-9-5-7-11-31(29)35(41)42)23-37(32)21-24-13-17-26(18-14-24)28-8-4-6-10-30(28)34(39)40/h4-11,13-20,23H,2-3,12,21-22H2,1H3,(H-,39,40,41,42)/p+1. The van der Waals surface area contributed by atoms with Gasteiger partial charge < -0.3 is 10.2 Å². The fourth-order valence-electron chi connectivity index (χ4n) is 5.23. The molecule has 0 spiro atoms. The number of aromatic nitrogens is 2. The molecule has 2 N–H and O–H groups in total. The van der Waals surface area contributed by atoms with E-state index >= 15 is 0 Å². The fraction of sp³-hybridized carbons (Fsp3) is 0.171. The highest BCUT2D eigenvalue weighted by Gasteiger charge is 2.22. The first-order chi connectivity index (χ1) is 20.4. The maximum atomic E-state index is 11.7. The van der Waals surface area contributed by atoms with Crippen LogP contribution in [0.5, 0.6) is 0 Å². The molecule has 5 aromatic rings. The van der Waals surface area contributed by atoms with E-state index in [1.54, 1.807) is 24.3 Å². The molecule has 0 aliphatic rings. The van der Waals surface area contributed by atoms with Gasteiger partial charge in [-0.3, -0.25) is 0 Å². The lowest BCUT2D eigenvalue weighted by molar-refractivity contribution is -0.698. The van der Waals surface area contributed by atoms with Crippen LogP contribution in [-0.2, 0) is 19.5 Å². The van der Waals surface area contributed by atoms with Crippen LogP contribution in [0.25, 0.3) is 22.3 Å². The number of carboxylic acid groups (broad SMARTS) is 2. The van der Waals surface area contributed by atoms with E-state index in [9.17, 15) is 19.8 Å². The summed E-state index contributed by atoms with van der Waals surface area (Å²) in [5.41, 5.74) is 7.20. The Bertz CT molecular complexity index is 1720. The summed E-state index contributed by atoms with van der Waals surface area (Å²) in [4.78, 5) is 23.3. The summed E-state index contributed by atoms with van der Waals surface area (Å²) in [6, 6.07) is 30.3. The molecule has 0 saturated heterocycles. The molecule has 42 heavy (non-hydrogen) atoms. The van der Waals surface area contributed by atoms with E-state index < -0.39 is 11.9 Å². The van der Waals surface area contributed by atoms with Crippen molar-refractivity contribution in [3.8, 4) is 22.3 Å². The van der Waals surface area contributed by atoms with Crippen molar-refractivity contribution < 1.29 is 24.4 Å². The summed E-state index contributed by atoms with van der Waals surface area (Å²) in [6.45, 7) is 3.54. The van der Waals surface area contributed by atoms with Crippen LogP contribution in [0.15, 0.2) is 108 Å². The van der Waals surface area contributed by atoms with E-state index in [1.165, 1.54) is 5.69 Å². The summed E-state index contributed by atoms with van der Waals surface area (Å²) in [5, 5.41) is 19.1. The monoisotopic (exact) mass is 623 g/mol. The molecule has 0 saturated carbocycles. The number of imidazole rings is 1. The first kappa shape index (κ1) is 29.0. The van der Waals surface area contributed by atoms with E-state index in [0.29, 0.717) is 35.3 Å². The van der Waals surface area contributed by atoms with Crippen LogP contribution >= 0.6 is 15.9 Å². The van der Waals surface area contributed by atoms with Gasteiger partial charge in [0, 0.05) is 22.4 Å². The van der Waals surface area contributed by atoms with Crippen LogP contribution in [0.1, 0.15) is 57.3 Å². The first-order valence-corrected chi connectivity index (χ1v) is 14.7. The molecule has 4 aromatic carbocycles. The second kappa shape index (κ2) is 13.0. The highest BCUT2D eigenvalue weighted by atomic mass is 79.9. The van der Waals surface area contributed by atoms with Crippen molar-refractivity contribution in [1.29, 1.82) is 0 Å². The highest BCUT2D eigenvalue weighted by molar-refractivity contribution is 9.10. The summed E-state index contributed by atoms with van der Waals surface area (Å²) in [7, 11) is 0. The Balaban J connectivity index is 1.38. The van der Waals surface area contributed by atoms with Crippen LogP contribution in [0.2, 0.25) is 0 Å². The molecule has 0 atom stereocenters. The van der Waals surface area contributed by atoms with E-state index in [4.69, 9.17) is 0 Å². The summed E-state index contributed by atoms with van der Waals surface area (Å²) in [5.74, 6) is -1.87. The maximum Gasteiger partial charge on any atom is 0.336 e. The molecule has 0 unspecified atom stereocenters. The molecule has 5 rings (SSSR count). The Morgan fingerprint density at radius 2 is 1.24 bits per heavy atom. The van der Waals surface area contributed by atoms with Gasteiger partial charge in [-0.2, -0.15) is 0 Å². The molecular formula is C35H32BrN2O4+. The summed E-state index contributed by atoms with van der Waals surface area (Å²) < 4.78 is 5.52. The van der Waals surface area contributed by atoms with Gasteiger partial charge in [-0.05, 0) is 51.9 Å². The molecule has 212 valence electrons. The fourth-order valence-corrected chi connectivity index (χ4v) is 5.87. The van der Waals surface area contributed by atoms with Crippen LogP contribution in [0.3, 0.4) is 0 Å². The Labute approximate surface area is 253 Å². The van der Waals surface area contributed by atoms with Crippen LogP contribution in [0, 0.1) is 0 Å². The summed E-state index contributed by atoms with van der Waals surface area (Å²) >= 11 is 3.86. The highest BCUT2D eigenvalue weighted by Crippen LogP contribution is 2.26. The van der Waals surface area contributed by atoms with E-state index in [1.807, 2.05) is 60.7 Å². The second-order valence-electron chi connectivity index (χ2n) is 10.3. The van der Waals surface area contributed by atoms with Crippen molar-refractivity contribution in [3.63, 3.8) is 0 Å². The second-order valence-corrected chi connectivity index (χ2v) is 11.1. The Morgan fingerprint density at radius 1 is 0.738 bits per heavy atom. The molecule has 0 amide bonds. The number of carbonyl (C=O) groups is 2. The SMILES string of the molecule is CCCCc1c(Br)[n+](Cc2ccc(-c3ccccc3C(=O)O)cc2)cn1Cc1ccc(-c2ccccc2C(=O)O)cc1. The van der Waals surface area contributed by atoms with Crippen molar-refractivity contribution in [1.82, 2.24) is 4.57 Å². The lowest BCUT2D eigenvalue weighted by Gasteiger charge is -2.07. The molecule has 0 bridgehead atoms. The zero-order valence-electron chi connectivity index (χ0n) is 23.3. The molecule has 0 fully saturated rings. The third-order valence-electron chi connectivity index (χ3n) is 7.43. The minimum Gasteiger partial charge on any atom is -0.478 e. The quantitative estimate of drug-likeness (QED) is 0.148. The summed E-state index contributed by atoms with van der Waals surface area (Å²) in [6.07, 6.45) is 5.25. The van der Waals surface area contributed by atoms with Crippen molar-refractivity contribution in [2.45, 2.75) is 39.3 Å². The minimum absolute atomic E-state index is 0.291. The van der Waals surface area contributed by atoms with Crippen molar-refractivity contribution in [3.05, 3.63) is 136 Å². The Morgan fingerprint density at radius 3 is 1.74 bits per heavy atom. The van der Waals surface area contributed by atoms with Gasteiger partial charge in [-0.25, -0.2) is 18.7 Å². The van der Waals surface area contributed by atoms with Crippen LogP contribution in [0.4, 0.5) is 0 Å². The molecule has 6 nitrogen and oxygen atoms in total. The van der Waals surface area contributed by atoms with Crippen LogP contribution in [-0.4, -0.2) is 26.7 Å². The van der Waals surface area contributed by atoms with Gasteiger partial charge in [0.15, 0.2) is 5.69 Å². The molecule has 0 aliphatic heterocycles. The first-order valence-electron chi connectivity index (χ1n) is 14.0. The van der Waals surface area contributed by atoms with E-state index in [2.05, 4.69) is 50.4 Å². The number of hydrogen-bond acceptors (Lipinski definition) is 2. The third kappa shape index (κ3) is 6.37. The maximum absolute atomic E-state index is 11.7. The van der Waals surface area contributed by atoms with Gasteiger partial charge >= 0.3 is 11.9 Å². The normalized spacial score (nSPS) is 11.0. The predicted octanol–water partition coefficient (Wildman–Crippen LogP) is 7.71. The van der Waals surface area contributed by atoms with Gasteiger partial charge in [0.1, 0.15) is 13.1 Å². The molecule has 1 aromatic heterocycles. The molecule has 1 heterocycles. The molecular weight excluding hydrogens is 592 g/mol. The number of hydrogen-bond donors (Lipinski definition) is 2. The zero-order valence-corrected chi connectivity index (χ0v) is 24.9. The number of benzene rings is 4. The van der Waals surface area contributed by atoms with Gasteiger partial charge in [0.2, 0.25) is 10.9 Å². The molecule has 0 aliphatic carbocycles.